The Hall–Kier alpha value is -4.57. The van der Waals surface area contributed by atoms with E-state index in [1.54, 1.807) is 17.9 Å². The Bertz CT molecular complexity index is 1790. The molecule has 22 heteroatoms. The lowest BCUT2D eigenvalue weighted by Crippen LogP contribution is -2.69. The third kappa shape index (κ3) is 8.96. The van der Waals surface area contributed by atoms with Gasteiger partial charge >= 0.3 is 6.03 Å². The second-order valence-electron chi connectivity index (χ2n) is 14.1. The predicted molar refractivity (Wildman–Crippen MR) is 194 cm³/mol. The second kappa shape index (κ2) is 18.8. The number of carbonyl (C=O) groups excluding carboxylic acids is 4. The van der Waals surface area contributed by atoms with Crippen molar-refractivity contribution in [3.63, 3.8) is 0 Å². The van der Waals surface area contributed by atoms with Crippen molar-refractivity contribution in [3.05, 3.63) is 18.6 Å². The molecule has 57 heavy (non-hydrogen) atoms. The summed E-state index contributed by atoms with van der Waals surface area (Å²) >= 11 is 0. The molecule has 4 unspecified atom stereocenters. The van der Waals surface area contributed by atoms with E-state index in [4.69, 9.17) is 28.9 Å². The van der Waals surface area contributed by atoms with Gasteiger partial charge in [0.2, 0.25) is 11.8 Å². The highest BCUT2D eigenvalue weighted by Crippen LogP contribution is 2.32. The first-order chi connectivity index (χ1) is 27.2. The maximum atomic E-state index is 14.1. The van der Waals surface area contributed by atoms with E-state index in [0.29, 0.717) is 24.3 Å². The van der Waals surface area contributed by atoms with Crippen molar-refractivity contribution in [2.75, 3.05) is 52.4 Å². The molecule has 0 spiro atoms. The van der Waals surface area contributed by atoms with Gasteiger partial charge in [-0.1, -0.05) is 6.92 Å². The minimum Gasteiger partial charge on any atom is -0.394 e. The van der Waals surface area contributed by atoms with E-state index in [1.165, 1.54) is 38.2 Å². The molecule has 0 aliphatic carbocycles. The van der Waals surface area contributed by atoms with Gasteiger partial charge in [-0.15, -0.1) is 0 Å². The number of ether oxygens (including phenoxy) is 5. The van der Waals surface area contributed by atoms with Crippen LogP contribution in [0.4, 0.5) is 10.6 Å². The van der Waals surface area contributed by atoms with Crippen molar-refractivity contribution < 1.29 is 63.3 Å². The predicted octanol–water partition coefficient (Wildman–Crippen LogP) is -2.58. The number of aliphatic hydroxyl groups is 4. The SMILES string of the molecule is CCN(NC(=O)n1ccc2c(N(C)[C@H]3CN(C(=O)CC#N)CC[C@H]3C)ncnc21)C(=O)C1O[C@@H](O[C@@H]2C(NC(C)=O)[C@H](OC)OC(CO)[C@H]2O)C(O)[C@@H](O)[C@@H]1OC. The first-order valence-electron chi connectivity index (χ1n) is 18.5. The average Bonchev–Trinajstić information content (AvgIpc) is 3.64. The number of hydrogen-bond donors (Lipinski definition) is 6. The lowest BCUT2D eigenvalue weighted by molar-refractivity contribution is -0.339. The summed E-state index contributed by atoms with van der Waals surface area (Å²) in [4.78, 5) is 64.9. The highest BCUT2D eigenvalue weighted by Gasteiger charge is 2.54. The molecule has 0 bridgehead atoms. The molecule has 5 heterocycles. The van der Waals surface area contributed by atoms with Gasteiger partial charge in [0.25, 0.3) is 5.91 Å². The average molecular weight is 806 g/mol. The topological polar surface area (TPSA) is 284 Å². The number of nitrogens with one attached hydrogen (secondary N) is 2. The summed E-state index contributed by atoms with van der Waals surface area (Å²) in [6.07, 6.45) is -10.9. The van der Waals surface area contributed by atoms with Gasteiger partial charge in [0, 0.05) is 54.0 Å². The van der Waals surface area contributed by atoms with E-state index in [1.807, 2.05) is 18.0 Å². The quantitative estimate of drug-likeness (QED) is 0.127. The Morgan fingerprint density at radius 1 is 1.07 bits per heavy atom. The largest absolute Gasteiger partial charge is 0.394 e. The smallest absolute Gasteiger partial charge is 0.346 e. The van der Waals surface area contributed by atoms with Crippen molar-refractivity contribution in [3.8, 4) is 6.07 Å². The fraction of sp³-hybridized carbons (Fsp3) is 0.686. The number of carbonyl (C=O) groups is 4. The van der Waals surface area contributed by atoms with E-state index in [2.05, 4.69) is 27.6 Å². The number of aliphatic hydroxyl groups excluding tert-OH is 4. The van der Waals surface area contributed by atoms with Crippen LogP contribution < -0.4 is 15.6 Å². The number of amides is 4. The van der Waals surface area contributed by atoms with Crippen LogP contribution in [0.2, 0.25) is 0 Å². The van der Waals surface area contributed by atoms with Crippen LogP contribution in [-0.4, -0.2) is 184 Å². The monoisotopic (exact) mass is 805 g/mol. The fourth-order valence-corrected chi connectivity index (χ4v) is 7.50. The summed E-state index contributed by atoms with van der Waals surface area (Å²) in [5, 5.41) is 56.1. The van der Waals surface area contributed by atoms with Gasteiger partial charge < -0.3 is 59.2 Å². The minimum absolute atomic E-state index is 0.106. The van der Waals surface area contributed by atoms with Gasteiger partial charge in [0.1, 0.15) is 61.2 Å². The Labute approximate surface area is 328 Å². The van der Waals surface area contributed by atoms with Crippen molar-refractivity contribution in [1.29, 1.82) is 5.26 Å². The van der Waals surface area contributed by atoms with Crippen molar-refractivity contribution in [2.24, 2.45) is 5.92 Å². The number of nitriles is 1. The van der Waals surface area contributed by atoms with Crippen LogP contribution in [0.5, 0.6) is 0 Å². The standard InChI is InChI=1S/C35H51N9O13/c1-7-44(40-35(52)43-13-10-19-30(37-16-38-31(19)43)41(4)20-14-42(12-9-17(20)2)22(47)8-11-36)32(51)29-28(53-5)25(49)26(50)34(57-29)56-27-23(39-18(3)46)33(54-6)55-21(15-45)24(27)48/h10,13,16-17,20-21,23-29,33-34,45,48-50H,7-9,12,14-15H2,1-6H3,(H,39,46)(H,40,52)/t17-,20+,21?,23?,24-,25-,26?,27-,28+,29?,33-,34-/m1/s1. The van der Waals surface area contributed by atoms with Crippen LogP contribution in [0.3, 0.4) is 0 Å². The summed E-state index contributed by atoms with van der Waals surface area (Å²) in [5.41, 5.74) is 2.74. The van der Waals surface area contributed by atoms with E-state index in [-0.39, 0.29) is 36.5 Å². The van der Waals surface area contributed by atoms with E-state index < -0.39 is 85.8 Å². The molecule has 6 N–H and O–H groups in total. The highest BCUT2D eigenvalue weighted by atomic mass is 16.7. The van der Waals surface area contributed by atoms with Gasteiger partial charge in [0.05, 0.1) is 24.1 Å². The van der Waals surface area contributed by atoms with Crippen LogP contribution >= 0.6 is 0 Å². The molecule has 4 amide bonds. The third-order valence-electron chi connectivity index (χ3n) is 10.6. The van der Waals surface area contributed by atoms with Gasteiger partial charge in [-0.25, -0.2) is 20.2 Å². The molecule has 0 radical (unpaired) electrons. The molecule has 12 atom stereocenters. The third-order valence-corrected chi connectivity index (χ3v) is 10.6. The van der Waals surface area contributed by atoms with E-state index >= 15 is 0 Å². The lowest BCUT2D eigenvalue weighted by atomic mass is 9.92. The number of likely N-dealkylation sites (tertiary alicyclic amines) is 1. The minimum atomic E-state index is -1.85. The number of rotatable bonds is 11. The number of hydrogen-bond acceptors (Lipinski definition) is 17. The van der Waals surface area contributed by atoms with Crippen LogP contribution in [-0.2, 0) is 38.1 Å². The summed E-state index contributed by atoms with van der Waals surface area (Å²) in [6, 6.07) is 1.40. The second-order valence-corrected chi connectivity index (χ2v) is 14.1. The summed E-state index contributed by atoms with van der Waals surface area (Å²) in [6.45, 7) is 4.97. The molecule has 3 aliphatic heterocycles. The molecule has 2 aromatic rings. The first kappa shape index (κ1) is 43.6. The van der Waals surface area contributed by atoms with Crippen molar-refractivity contribution in [2.45, 2.75) is 101 Å². The van der Waals surface area contributed by atoms with Gasteiger partial charge in [-0.3, -0.25) is 24.0 Å². The number of methoxy groups -OCH3 is 2. The summed E-state index contributed by atoms with van der Waals surface area (Å²) in [7, 11) is 4.28. The van der Waals surface area contributed by atoms with Crippen LogP contribution in [0.25, 0.3) is 11.0 Å². The molecule has 0 saturated carbocycles. The molecular weight excluding hydrogens is 754 g/mol. The van der Waals surface area contributed by atoms with Crippen LogP contribution in [0, 0.1) is 17.2 Å². The van der Waals surface area contributed by atoms with Crippen molar-refractivity contribution >= 4 is 40.6 Å². The van der Waals surface area contributed by atoms with Gasteiger partial charge in [0.15, 0.2) is 24.3 Å². The maximum absolute atomic E-state index is 14.1. The number of likely N-dealkylation sites (N-methyl/N-ethyl adjacent to an activating group) is 2. The highest BCUT2D eigenvalue weighted by molar-refractivity contribution is 5.95. The molecule has 2 aromatic heterocycles. The molecular formula is C35H51N9O13. The zero-order valence-electron chi connectivity index (χ0n) is 32.5. The number of hydrazine groups is 1. The molecule has 3 aliphatic rings. The summed E-state index contributed by atoms with van der Waals surface area (Å²) in [5.74, 6) is -1.04. The molecule has 0 aromatic carbocycles. The molecule has 314 valence electrons. The number of piperidine rings is 1. The van der Waals surface area contributed by atoms with Gasteiger partial charge in [-0.2, -0.15) is 5.26 Å². The number of anilines is 1. The van der Waals surface area contributed by atoms with Crippen LogP contribution in [0.15, 0.2) is 18.6 Å². The Morgan fingerprint density at radius 3 is 2.44 bits per heavy atom. The molecule has 3 fully saturated rings. The first-order valence-corrected chi connectivity index (χ1v) is 18.5. The Balaban J connectivity index is 1.35. The Kier molecular flexibility index (Phi) is 14.4. The lowest BCUT2D eigenvalue weighted by Gasteiger charge is -2.47. The van der Waals surface area contributed by atoms with Gasteiger partial charge in [-0.05, 0) is 25.3 Å². The molecule has 3 saturated heterocycles. The molecule has 5 rings (SSSR count). The maximum Gasteiger partial charge on any atom is 0.346 e. The number of nitrogens with zero attached hydrogens (tertiary/aromatic N) is 7. The normalized spacial score (nSPS) is 31.6. The van der Waals surface area contributed by atoms with Crippen LogP contribution in [0.1, 0.15) is 33.6 Å². The Morgan fingerprint density at radius 2 is 1.81 bits per heavy atom. The van der Waals surface area contributed by atoms with E-state index in [9.17, 15) is 39.6 Å². The number of aromatic nitrogens is 3. The fourth-order valence-electron chi connectivity index (χ4n) is 7.50. The zero-order chi connectivity index (χ0) is 41.7. The zero-order valence-corrected chi connectivity index (χ0v) is 32.5. The van der Waals surface area contributed by atoms with E-state index in [0.717, 1.165) is 11.4 Å². The summed E-state index contributed by atoms with van der Waals surface area (Å²) < 4.78 is 29.3. The van der Waals surface area contributed by atoms with Crippen molar-refractivity contribution in [1.82, 2.24) is 35.2 Å². The number of fused-ring (bicyclic) bond motifs is 1. The molecule has 22 nitrogen and oxygen atoms in total.